The molecule has 2 amide bonds. The van der Waals surface area contributed by atoms with Gasteiger partial charge in [0, 0.05) is 24.9 Å². The van der Waals surface area contributed by atoms with Crippen LogP contribution >= 0.6 is 0 Å². The maximum Gasteiger partial charge on any atom is 0.416 e. The fourth-order valence-corrected chi connectivity index (χ4v) is 4.16. The minimum Gasteiger partial charge on any atom is -0.490 e. The topological polar surface area (TPSA) is 67.9 Å². The number of alkyl carbamates (subject to hydrolysis) is 1. The lowest BCUT2D eigenvalue weighted by Crippen LogP contribution is -2.61. The van der Waals surface area contributed by atoms with Gasteiger partial charge in [0.15, 0.2) is 11.6 Å². The Morgan fingerprint density at radius 2 is 2.03 bits per heavy atom. The Bertz CT molecular complexity index is 845. The van der Waals surface area contributed by atoms with Gasteiger partial charge in [-0.3, -0.25) is 4.79 Å². The van der Waals surface area contributed by atoms with Crippen LogP contribution in [-0.4, -0.2) is 48.7 Å². The van der Waals surface area contributed by atoms with E-state index in [4.69, 9.17) is 9.47 Å². The van der Waals surface area contributed by atoms with Crippen LogP contribution < -0.4 is 10.1 Å². The molecule has 2 aliphatic heterocycles. The predicted molar refractivity (Wildman–Crippen MR) is 91.6 cm³/mol. The first kappa shape index (κ1) is 19.8. The molecule has 1 aromatic rings. The highest BCUT2D eigenvalue weighted by Gasteiger charge is 2.54. The highest BCUT2D eigenvalue weighted by molar-refractivity contribution is 5.82. The zero-order valence-corrected chi connectivity index (χ0v) is 15.6. The van der Waals surface area contributed by atoms with Crippen LogP contribution in [0.3, 0.4) is 0 Å². The number of nitrogens with one attached hydrogen (secondary N) is 1. The highest BCUT2D eigenvalue weighted by atomic mass is 19.4. The molecule has 6 nitrogen and oxygen atoms in total. The van der Waals surface area contributed by atoms with Crippen molar-refractivity contribution < 1.29 is 36.6 Å². The molecule has 3 aliphatic rings. The van der Waals surface area contributed by atoms with Crippen LogP contribution in [-0.2, 0) is 15.7 Å². The molecule has 1 spiro atoms. The van der Waals surface area contributed by atoms with Crippen LogP contribution in [0.5, 0.6) is 5.75 Å². The standard InChI is InChI=1S/C19H20F4N2O4/c1-10-2-15(14(20)3-13(10)19(21,22)23)28-8-11-6-25(7-11)16(26)12-4-18(5-12)9-29-17(27)24-18/h2-3,11-12H,4-9H2,1H3,(H,24,27)/t12-,18-. The summed E-state index contributed by atoms with van der Waals surface area (Å²) in [6, 6.07) is 1.49. The number of rotatable bonds is 4. The third kappa shape index (κ3) is 3.72. The average Bonchev–Trinajstić information content (AvgIpc) is 2.95. The number of carbonyl (C=O) groups is 2. The Morgan fingerprint density at radius 3 is 2.62 bits per heavy atom. The van der Waals surface area contributed by atoms with Gasteiger partial charge < -0.3 is 19.7 Å². The van der Waals surface area contributed by atoms with Gasteiger partial charge in [-0.25, -0.2) is 9.18 Å². The van der Waals surface area contributed by atoms with Gasteiger partial charge in [0.05, 0.1) is 17.7 Å². The summed E-state index contributed by atoms with van der Waals surface area (Å²) < 4.78 is 62.6. The number of hydrogen-bond donors (Lipinski definition) is 1. The van der Waals surface area contributed by atoms with E-state index in [2.05, 4.69) is 5.32 Å². The molecule has 0 bridgehead atoms. The molecule has 2 heterocycles. The van der Waals surface area contributed by atoms with E-state index in [1.807, 2.05) is 0 Å². The predicted octanol–water partition coefficient (Wildman–Crippen LogP) is 2.88. The van der Waals surface area contributed by atoms with Gasteiger partial charge in [0.2, 0.25) is 5.91 Å². The van der Waals surface area contributed by atoms with Crippen molar-refractivity contribution in [2.24, 2.45) is 11.8 Å². The number of carbonyl (C=O) groups excluding carboxylic acids is 2. The third-order valence-corrected chi connectivity index (χ3v) is 5.80. The van der Waals surface area contributed by atoms with E-state index in [1.165, 1.54) is 6.92 Å². The first-order chi connectivity index (χ1) is 13.6. The maximum absolute atomic E-state index is 13.9. The van der Waals surface area contributed by atoms with Gasteiger partial charge in [-0.1, -0.05) is 0 Å². The number of ether oxygens (including phenoxy) is 2. The first-order valence-corrected chi connectivity index (χ1v) is 9.30. The Hall–Kier alpha value is -2.52. The van der Waals surface area contributed by atoms with Crippen LogP contribution in [0.4, 0.5) is 22.4 Å². The molecule has 1 saturated carbocycles. The second kappa shape index (κ2) is 6.77. The second-order valence-corrected chi connectivity index (χ2v) is 8.10. The molecular formula is C19H20F4N2O4. The van der Waals surface area contributed by atoms with E-state index in [-0.39, 0.29) is 42.3 Å². The van der Waals surface area contributed by atoms with Gasteiger partial charge in [0.25, 0.3) is 0 Å². The fourth-order valence-electron chi connectivity index (χ4n) is 4.16. The summed E-state index contributed by atoms with van der Waals surface area (Å²) in [5, 5.41) is 2.74. The van der Waals surface area contributed by atoms with Crippen molar-refractivity contribution in [1.82, 2.24) is 10.2 Å². The summed E-state index contributed by atoms with van der Waals surface area (Å²) in [5.74, 6) is -1.45. The van der Waals surface area contributed by atoms with Crippen molar-refractivity contribution in [2.75, 3.05) is 26.3 Å². The lowest BCUT2D eigenvalue weighted by atomic mass is 9.68. The number of hydrogen-bond acceptors (Lipinski definition) is 4. The average molecular weight is 416 g/mol. The Kier molecular flexibility index (Phi) is 4.62. The Labute approximate surface area is 164 Å². The Balaban J connectivity index is 1.24. The number of aryl methyl sites for hydroxylation is 1. The largest absolute Gasteiger partial charge is 0.490 e. The van der Waals surface area contributed by atoms with Gasteiger partial charge in [-0.2, -0.15) is 13.2 Å². The van der Waals surface area contributed by atoms with E-state index >= 15 is 0 Å². The number of likely N-dealkylation sites (tertiary alicyclic amines) is 1. The minimum absolute atomic E-state index is 0.00424. The number of halogens is 4. The zero-order valence-electron chi connectivity index (χ0n) is 15.6. The molecule has 0 aromatic heterocycles. The molecule has 0 unspecified atom stereocenters. The number of alkyl halides is 3. The summed E-state index contributed by atoms with van der Waals surface area (Å²) in [6.45, 7) is 2.55. The van der Waals surface area contributed by atoms with E-state index in [0.717, 1.165) is 6.07 Å². The minimum atomic E-state index is -4.62. The van der Waals surface area contributed by atoms with Crippen molar-refractivity contribution in [3.05, 3.63) is 29.1 Å². The summed E-state index contributed by atoms with van der Waals surface area (Å²) >= 11 is 0. The molecule has 10 heteroatoms. The SMILES string of the molecule is Cc1cc(OCC2CN(C(=O)[C@H]3C[C@@]4(COC(=O)N4)C3)C2)c(F)cc1C(F)(F)F. The Morgan fingerprint density at radius 1 is 1.34 bits per heavy atom. The van der Waals surface area contributed by atoms with Crippen molar-refractivity contribution in [3.63, 3.8) is 0 Å². The van der Waals surface area contributed by atoms with Gasteiger partial charge in [-0.15, -0.1) is 0 Å². The smallest absolute Gasteiger partial charge is 0.416 e. The van der Waals surface area contributed by atoms with E-state index < -0.39 is 29.2 Å². The fraction of sp³-hybridized carbons (Fsp3) is 0.579. The summed E-state index contributed by atoms with van der Waals surface area (Å²) in [4.78, 5) is 25.3. The third-order valence-electron chi connectivity index (χ3n) is 5.80. The summed E-state index contributed by atoms with van der Waals surface area (Å²) in [5.41, 5.74) is -1.55. The first-order valence-electron chi connectivity index (χ1n) is 9.30. The number of nitrogens with zero attached hydrogens (tertiary/aromatic N) is 1. The van der Waals surface area contributed by atoms with Crippen LogP contribution in [0.25, 0.3) is 0 Å². The van der Waals surface area contributed by atoms with Gasteiger partial charge in [0.1, 0.15) is 6.61 Å². The van der Waals surface area contributed by atoms with Crippen molar-refractivity contribution in [2.45, 2.75) is 31.5 Å². The molecule has 4 rings (SSSR count). The van der Waals surface area contributed by atoms with Gasteiger partial charge >= 0.3 is 12.3 Å². The number of cyclic esters (lactones) is 1. The van der Waals surface area contributed by atoms with Crippen molar-refractivity contribution in [3.8, 4) is 5.75 Å². The lowest BCUT2D eigenvalue weighted by molar-refractivity contribution is -0.148. The number of amides is 2. The monoisotopic (exact) mass is 416 g/mol. The van der Waals surface area contributed by atoms with E-state index in [1.54, 1.807) is 4.90 Å². The van der Waals surface area contributed by atoms with Crippen LogP contribution in [0.1, 0.15) is 24.0 Å². The molecule has 1 aliphatic carbocycles. The molecule has 3 fully saturated rings. The van der Waals surface area contributed by atoms with Crippen molar-refractivity contribution in [1.29, 1.82) is 0 Å². The highest BCUT2D eigenvalue weighted by Crippen LogP contribution is 2.42. The zero-order chi connectivity index (χ0) is 21.0. The molecular weight excluding hydrogens is 396 g/mol. The van der Waals surface area contributed by atoms with Gasteiger partial charge in [-0.05, 0) is 37.5 Å². The molecule has 2 saturated heterocycles. The molecule has 158 valence electrons. The molecule has 0 radical (unpaired) electrons. The lowest BCUT2D eigenvalue weighted by Gasteiger charge is -2.47. The molecule has 29 heavy (non-hydrogen) atoms. The number of benzene rings is 1. The summed E-state index contributed by atoms with van der Waals surface area (Å²) in [7, 11) is 0. The van der Waals surface area contributed by atoms with Crippen LogP contribution in [0, 0.1) is 24.6 Å². The quantitative estimate of drug-likeness (QED) is 0.767. The molecule has 0 atom stereocenters. The normalized spacial score (nSPS) is 26.6. The summed E-state index contributed by atoms with van der Waals surface area (Å²) in [6.07, 6.45) is -3.98. The second-order valence-electron chi connectivity index (χ2n) is 8.10. The van der Waals surface area contributed by atoms with E-state index in [0.29, 0.717) is 32.0 Å². The molecule has 1 N–H and O–H groups in total. The maximum atomic E-state index is 13.9. The van der Waals surface area contributed by atoms with Crippen LogP contribution in [0.2, 0.25) is 0 Å². The van der Waals surface area contributed by atoms with E-state index in [9.17, 15) is 27.2 Å². The molecule has 1 aromatic carbocycles. The van der Waals surface area contributed by atoms with Crippen LogP contribution in [0.15, 0.2) is 12.1 Å². The van der Waals surface area contributed by atoms with Crippen molar-refractivity contribution >= 4 is 12.0 Å².